The Morgan fingerprint density at radius 2 is 1.45 bits per heavy atom. The maximum Gasteiger partial charge on any atom is 0.225 e. The first-order chi connectivity index (χ1) is 15.3. The lowest BCUT2D eigenvalue weighted by molar-refractivity contribution is -0.116. The molecule has 0 saturated heterocycles. The first-order valence-corrected chi connectivity index (χ1v) is 10.3. The first-order valence-electron chi connectivity index (χ1n) is 10.3. The fourth-order valence-electron chi connectivity index (χ4n) is 3.20. The number of nitrogens with one attached hydrogen (secondary N) is 1. The van der Waals surface area contributed by atoms with Gasteiger partial charge in [0.05, 0.1) is 11.9 Å². The van der Waals surface area contributed by atoms with Crippen LogP contribution in [0.25, 0.3) is 23.4 Å². The molecule has 4 rings (SSSR count). The van der Waals surface area contributed by atoms with Gasteiger partial charge in [-0.2, -0.15) is 0 Å². The van der Waals surface area contributed by atoms with Gasteiger partial charge in [0.15, 0.2) is 5.82 Å². The highest BCUT2D eigenvalue weighted by Gasteiger charge is 2.11. The number of aryl methyl sites for hydroxylation is 1. The molecule has 0 saturated carbocycles. The number of nitrogens with zero attached hydrogens (tertiary/aromatic N) is 2. The minimum absolute atomic E-state index is 0.0834. The molecule has 4 heteroatoms. The average molecular weight is 406 g/mol. The summed E-state index contributed by atoms with van der Waals surface area (Å²) in [6.45, 7) is 0. The van der Waals surface area contributed by atoms with E-state index in [4.69, 9.17) is 4.98 Å². The third-order valence-electron chi connectivity index (χ3n) is 4.84. The van der Waals surface area contributed by atoms with E-state index in [2.05, 4.69) is 10.3 Å². The Kier molecular flexibility index (Phi) is 6.61. The van der Waals surface area contributed by atoms with Gasteiger partial charge in [-0.25, -0.2) is 9.97 Å². The van der Waals surface area contributed by atoms with Gasteiger partial charge in [-0.15, -0.1) is 0 Å². The van der Waals surface area contributed by atoms with Crippen LogP contribution in [0.3, 0.4) is 0 Å². The van der Waals surface area contributed by atoms with Crippen LogP contribution in [0.15, 0.2) is 97.2 Å². The summed E-state index contributed by atoms with van der Waals surface area (Å²) in [6, 6.07) is 29.8. The summed E-state index contributed by atoms with van der Waals surface area (Å²) in [7, 11) is 0. The molecule has 0 aliphatic rings. The molecule has 1 aromatic heterocycles. The van der Waals surface area contributed by atoms with Crippen molar-refractivity contribution in [1.29, 1.82) is 0 Å². The van der Waals surface area contributed by atoms with E-state index in [1.54, 1.807) is 6.20 Å². The summed E-state index contributed by atoms with van der Waals surface area (Å²) in [5, 5.41) is 2.93. The van der Waals surface area contributed by atoms with Crippen molar-refractivity contribution in [3.63, 3.8) is 0 Å². The number of amides is 1. The van der Waals surface area contributed by atoms with Crippen LogP contribution in [0.2, 0.25) is 0 Å². The van der Waals surface area contributed by atoms with Gasteiger partial charge in [0, 0.05) is 12.0 Å². The highest BCUT2D eigenvalue weighted by molar-refractivity contribution is 5.92. The molecule has 1 amide bonds. The number of rotatable bonds is 7. The molecule has 0 aliphatic heterocycles. The van der Waals surface area contributed by atoms with Crippen molar-refractivity contribution in [3.8, 4) is 11.3 Å². The third kappa shape index (κ3) is 5.73. The smallest absolute Gasteiger partial charge is 0.225 e. The van der Waals surface area contributed by atoms with Crippen LogP contribution in [-0.4, -0.2) is 15.9 Å². The lowest BCUT2D eigenvalue weighted by Crippen LogP contribution is -2.15. The Balaban J connectivity index is 1.56. The Labute approximate surface area is 182 Å². The summed E-state index contributed by atoms with van der Waals surface area (Å²) in [5.74, 6) is 0.380. The Morgan fingerprint density at radius 3 is 2.16 bits per heavy atom. The number of carbonyl (C=O) groups excluding carboxylic acids is 1. The van der Waals surface area contributed by atoms with Crippen LogP contribution in [0.5, 0.6) is 0 Å². The molecule has 1 N–H and O–H groups in total. The van der Waals surface area contributed by atoms with Gasteiger partial charge in [-0.05, 0) is 23.6 Å². The van der Waals surface area contributed by atoms with Crippen LogP contribution in [-0.2, 0) is 11.2 Å². The van der Waals surface area contributed by atoms with Crippen LogP contribution >= 0.6 is 0 Å². The van der Waals surface area contributed by atoms with Crippen molar-refractivity contribution >= 4 is 23.9 Å². The van der Waals surface area contributed by atoms with E-state index in [-0.39, 0.29) is 5.91 Å². The fourth-order valence-corrected chi connectivity index (χ4v) is 3.20. The number of benzene rings is 3. The van der Waals surface area contributed by atoms with Gasteiger partial charge in [-0.3, -0.25) is 4.79 Å². The molecule has 0 radical (unpaired) electrons. The second-order valence-corrected chi connectivity index (χ2v) is 7.13. The van der Waals surface area contributed by atoms with E-state index in [0.29, 0.717) is 24.4 Å². The Morgan fingerprint density at radius 1 is 0.806 bits per heavy atom. The van der Waals surface area contributed by atoms with Crippen molar-refractivity contribution < 1.29 is 4.79 Å². The molecule has 0 unspecified atom stereocenters. The summed E-state index contributed by atoms with van der Waals surface area (Å²) in [6.07, 6.45) is 6.62. The molecule has 0 aliphatic carbocycles. The van der Waals surface area contributed by atoms with Crippen molar-refractivity contribution in [2.45, 2.75) is 12.8 Å². The van der Waals surface area contributed by atoms with Gasteiger partial charge in [0.2, 0.25) is 5.91 Å². The van der Waals surface area contributed by atoms with Gasteiger partial charge >= 0.3 is 0 Å². The van der Waals surface area contributed by atoms with Crippen LogP contribution < -0.4 is 5.32 Å². The number of aromatic nitrogens is 2. The maximum atomic E-state index is 12.6. The molecule has 0 bridgehead atoms. The minimum Gasteiger partial charge on any atom is -0.309 e. The van der Waals surface area contributed by atoms with Crippen LogP contribution in [0.1, 0.15) is 23.2 Å². The number of hydrogen-bond acceptors (Lipinski definition) is 3. The van der Waals surface area contributed by atoms with Crippen LogP contribution in [0.4, 0.5) is 5.82 Å². The Bertz CT molecular complexity index is 1160. The summed E-state index contributed by atoms with van der Waals surface area (Å²) in [4.78, 5) is 21.8. The molecular formula is C27H23N3O. The van der Waals surface area contributed by atoms with Crippen molar-refractivity contribution in [2.75, 3.05) is 5.32 Å². The SMILES string of the molecule is O=C(CCc1ccccc1)Nc1ncc(-c2ccccc2)nc1C=Cc1ccccc1. The zero-order valence-corrected chi connectivity index (χ0v) is 17.1. The Hall–Kier alpha value is -4.05. The molecule has 1 heterocycles. The van der Waals surface area contributed by atoms with Crippen molar-refractivity contribution in [3.05, 3.63) is 114 Å². The number of hydrogen-bond donors (Lipinski definition) is 1. The zero-order chi connectivity index (χ0) is 21.3. The highest BCUT2D eigenvalue weighted by Crippen LogP contribution is 2.21. The van der Waals surface area contributed by atoms with Gasteiger partial charge in [-0.1, -0.05) is 97.1 Å². The molecule has 0 fully saturated rings. The van der Waals surface area contributed by atoms with Crippen molar-refractivity contribution in [1.82, 2.24) is 9.97 Å². The molecule has 152 valence electrons. The molecular weight excluding hydrogens is 382 g/mol. The maximum absolute atomic E-state index is 12.6. The lowest BCUT2D eigenvalue weighted by Gasteiger charge is -2.09. The quantitative estimate of drug-likeness (QED) is 0.417. The fraction of sp³-hybridized carbons (Fsp3) is 0.0741. The van der Waals surface area contributed by atoms with E-state index in [0.717, 1.165) is 22.4 Å². The third-order valence-corrected chi connectivity index (χ3v) is 4.84. The van der Waals surface area contributed by atoms with Gasteiger partial charge < -0.3 is 5.32 Å². The predicted molar refractivity (Wildman–Crippen MR) is 126 cm³/mol. The molecule has 31 heavy (non-hydrogen) atoms. The van der Waals surface area contributed by atoms with Gasteiger partial charge in [0.25, 0.3) is 0 Å². The predicted octanol–water partition coefficient (Wildman–Crippen LogP) is 5.89. The van der Waals surface area contributed by atoms with Crippen molar-refractivity contribution in [2.24, 2.45) is 0 Å². The standard InChI is InChI=1S/C27H23N3O/c31-26(19-17-22-12-6-2-7-13-22)30-27-24(18-16-21-10-4-1-5-11-21)29-25(20-28-27)23-14-8-3-9-15-23/h1-16,18,20H,17,19H2,(H,28,30,31). The summed E-state index contributed by atoms with van der Waals surface area (Å²) in [5.41, 5.74) is 4.54. The molecule has 4 aromatic rings. The molecule has 4 nitrogen and oxygen atoms in total. The zero-order valence-electron chi connectivity index (χ0n) is 17.1. The molecule has 0 spiro atoms. The molecule has 0 atom stereocenters. The van der Waals surface area contributed by atoms with E-state index in [1.807, 2.05) is 103 Å². The van der Waals surface area contributed by atoms with Gasteiger partial charge in [0.1, 0.15) is 5.69 Å². The summed E-state index contributed by atoms with van der Waals surface area (Å²) >= 11 is 0. The minimum atomic E-state index is -0.0834. The van der Waals surface area contributed by atoms with E-state index >= 15 is 0 Å². The number of anilines is 1. The summed E-state index contributed by atoms with van der Waals surface area (Å²) < 4.78 is 0. The normalized spacial score (nSPS) is 10.8. The largest absolute Gasteiger partial charge is 0.309 e. The van der Waals surface area contributed by atoms with E-state index in [1.165, 1.54) is 0 Å². The number of carbonyl (C=O) groups is 1. The van der Waals surface area contributed by atoms with E-state index in [9.17, 15) is 4.79 Å². The second kappa shape index (κ2) is 10.1. The second-order valence-electron chi connectivity index (χ2n) is 7.13. The molecule has 3 aromatic carbocycles. The highest BCUT2D eigenvalue weighted by atomic mass is 16.1. The monoisotopic (exact) mass is 405 g/mol. The first kappa shape index (κ1) is 20.2. The van der Waals surface area contributed by atoms with E-state index < -0.39 is 0 Å². The topological polar surface area (TPSA) is 54.9 Å². The average Bonchev–Trinajstić information content (AvgIpc) is 2.84. The van der Waals surface area contributed by atoms with Crippen LogP contribution in [0, 0.1) is 0 Å². The lowest BCUT2D eigenvalue weighted by atomic mass is 10.1.